The highest BCUT2D eigenvalue weighted by Crippen LogP contribution is 2.20. The second-order valence-corrected chi connectivity index (χ2v) is 3.99. The summed E-state index contributed by atoms with van der Waals surface area (Å²) in [7, 11) is 0. The van der Waals surface area contributed by atoms with E-state index in [1.165, 1.54) is 6.07 Å². The van der Waals surface area contributed by atoms with Crippen molar-refractivity contribution < 1.29 is 14.7 Å². The van der Waals surface area contributed by atoms with E-state index in [1.807, 2.05) is 13.8 Å². The quantitative estimate of drug-likeness (QED) is 0.899. The minimum atomic E-state index is -1.10. The van der Waals surface area contributed by atoms with Crippen LogP contribution in [0.4, 0.5) is 0 Å². The van der Waals surface area contributed by atoms with Crippen LogP contribution in [-0.4, -0.2) is 23.5 Å². The van der Waals surface area contributed by atoms with Crippen molar-refractivity contribution in [3.63, 3.8) is 0 Å². The van der Waals surface area contributed by atoms with Crippen molar-refractivity contribution in [3.05, 3.63) is 33.3 Å². The molecule has 0 spiro atoms. The Morgan fingerprint density at radius 2 is 2.00 bits per heavy atom. The van der Waals surface area contributed by atoms with Gasteiger partial charge in [-0.3, -0.25) is 9.59 Å². The molecule has 0 aliphatic heterocycles. The van der Waals surface area contributed by atoms with Crippen LogP contribution in [0.5, 0.6) is 0 Å². The van der Waals surface area contributed by atoms with Gasteiger partial charge >= 0.3 is 5.97 Å². The molecule has 0 saturated heterocycles. The largest absolute Gasteiger partial charge is 0.480 e. The Kier molecular flexibility index (Phi) is 7.58. The van der Waals surface area contributed by atoms with Crippen molar-refractivity contribution in [2.75, 3.05) is 6.54 Å². The summed E-state index contributed by atoms with van der Waals surface area (Å²) in [5.74, 6) is -1.58. The zero-order valence-electron chi connectivity index (χ0n) is 9.46. The molecule has 0 radical (unpaired) electrons. The molecule has 0 saturated carbocycles. The topological polar surface area (TPSA) is 66.4 Å². The lowest BCUT2D eigenvalue weighted by atomic mass is 10.2. The van der Waals surface area contributed by atoms with E-state index in [1.54, 1.807) is 12.1 Å². The van der Waals surface area contributed by atoms with Crippen LogP contribution in [0, 0.1) is 0 Å². The molecule has 0 aromatic heterocycles. The first-order chi connectivity index (χ1) is 8.00. The van der Waals surface area contributed by atoms with Gasteiger partial charge in [-0.15, -0.1) is 0 Å². The fourth-order valence-corrected chi connectivity index (χ4v) is 1.52. The number of carbonyl (C=O) groups excluding carboxylic acids is 1. The fraction of sp³-hybridized carbons (Fsp3) is 0.273. The van der Waals surface area contributed by atoms with Crippen molar-refractivity contribution in [2.45, 2.75) is 13.8 Å². The third kappa shape index (κ3) is 5.70. The van der Waals surface area contributed by atoms with E-state index in [-0.39, 0.29) is 0 Å². The summed E-state index contributed by atoms with van der Waals surface area (Å²) in [6.07, 6.45) is 0. The van der Waals surface area contributed by atoms with E-state index in [2.05, 4.69) is 21.2 Å². The van der Waals surface area contributed by atoms with E-state index < -0.39 is 18.4 Å². The average molecular weight is 323 g/mol. The first-order valence-corrected chi connectivity index (χ1v) is 6.13. The third-order valence-corrected chi connectivity index (χ3v) is 2.50. The van der Waals surface area contributed by atoms with Crippen molar-refractivity contribution in [3.8, 4) is 0 Å². The number of hydrogen-bond acceptors (Lipinski definition) is 2. The summed E-state index contributed by atoms with van der Waals surface area (Å²) in [5.41, 5.74) is 0.309. The average Bonchev–Trinajstić information content (AvgIpc) is 2.31. The molecule has 0 bridgehead atoms. The van der Waals surface area contributed by atoms with Gasteiger partial charge in [-0.2, -0.15) is 0 Å². The van der Waals surface area contributed by atoms with Gasteiger partial charge in [0.2, 0.25) is 0 Å². The summed E-state index contributed by atoms with van der Waals surface area (Å²) in [6, 6.07) is 4.71. The number of benzene rings is 1. The Labute approximate surface area is 113 Å². The molecule has 17 heavy (non-hydrogen) atoms. The van der Waals surface area contributed by atoms with Gasteiger partial charge in [-0.25, -0.2) is 0 Å². The van der Waals surface area contributed by atoms with Crippen LogP contribution in [0.2, 0.25) is 5.02 Å². The Balaban J connectivity index is 0.00000121. The van der Waals surface area contributed by atoms with Crippen LogP contribution in [0.15, 0.2) is 22.7 Å². The number of nitrogens with one attached hydrogen (secondary N) is 1. The van der Waals surface area contributed by atoms with Crippen LogP contribution in [0.3, 0.4) is 0 Å². The molecule has 0 aliphatic rings. The van der Waals surface area contributed by atoms with Crippen LogP contribution in [0.1, 0.15) is 24.2 Å². The maximum absolute atomic E-state index is 11.5. The Morgan fingerprint density at radius 1 is 1.41 bits per heavy atom. The van der Waals surface area contributed by atoms with E-state index in [0.717, 1.165) is 0 Å². The highest BCUT2D eigenvalue weighted by molar-refractivity contribution is 9.10. The van der Waals surface area contributed by atoms with Gasteiger partial charge in [0.25, 0.3) is 5.91 Å². The lowest BCUT2D eigenvalue weighted by Gasteiger charge is -2.04. The lowest BCUT2D eigenvalue weighted by molar-refractivity contribution is -0.135. The number of rotatable bonds is 3. The Morgan fingerprint density at radius 3 is 2.53 bits per heavy atom. The molecule has 0 unspecified atom stereocenters. The van der Waals surface area contributed by atoms with Gasteiger partial charge in [-0.05, 0) is 34.1 Å². The molecule has 2 N–H and O–H groups in total. The van der Waals surface area contributed by atoms with E-state index in [0.29, 0.717) is 15.1 Å². The van der Waals surface area contributed by atoms with Crippen molar-refractivity contribution >= 4 is 39.4 Å². The van der Waals surface area contributed by atoms with Gasteiger partial charge in [0.15, 0.2) is 0 Å². The molecular formula is C11H13BrClNO3. The van der Waals surface area contributed by atoms with Gasteiger partial charge in [0, 0.05) is 9.50 Å². The minimum Gasteiger partial charge on any atom is -0.480 e. The van der Waals surface area contributed by atoms with Crippen molar-refractivity contribution in [1.82, 2.24) is 5.32 Å². The zero-order valence-corrected chi connectivity index (χ0v) is 11.8. The molecule has 1 aromatic rings. The standard InChI is InChI=1S/C9H7BrClNO3.C2H6/c10-7-2-1-5(11)3-6(7)9(15)12-4-8(13)14;1-2/h1-3H,4H2,(H,12,15)(H,13,14);1-2H3. The number of carboxylic acids is 1. The molecule has 1 rings (SSSR count). The number of carboxylic acid groups (broad SMARTS) is 1. The predicted molar refractivity (Wildman–Crippen MR) is 70.5 cm³/mol. The second-order valence-electron chi connectivity index (χ2n) is 2.70. The SMILES string of the molecule is CC.O=C(O)CNC(=O)c1cc(Cl)ccc1Br. The molecule has 4 nitrogen and oxygen atoms in total. The summed E-state index contributed by atoms with van der Waals surface area (Å²) in [4.78, 5) is 21.7. The predicted octanol–water partition coefficient (Wildman–Crippen LogP) is 2.94. The molecule has 0 atom stereocenters. The summed E-state index contributed by atoms with van der Waals surface area (Å²) in [5, 5.41) is 11.0. The van der Waals surface area contributed by atoms with Crippen LogP contribution in [0.25, 0.3) is 0 Å². The highest BCUT2D eigenvalue weighted by Gasteiger charge is 2.11. The summed E-state index contributed by atoms with van der Waals surface area (Å²) < 4.78 is 0.565. The summed E-state index contributed by atoms with van der Waals surface area (Å²) >= 11 is 8.88. The third-order valence-electron chi connectivity index (χ3n) is 1.57. The van der Waals surface area contributed by atoms with Gasteiger partial charge in [0.1, 0.15) is 6.54 Å². The number of amides is 1. The van der Waals surface area contributed by atoms with E-state index >= 15 is 0 Å². The van der Waals surface area contributed by atoms with Crippen molar-refractivity contribution in [1.29, 1.82) is 0 Å². The second kappa shape index (κ2) is 8.08. The van der Waals surface area contributed by atoms with Gasteiger partial charge in [0.05, 0.1) is 5.56 Å². The van der Waals surface area contributed by atoms with Gasteiger partial charge in [-0.1, -0.05) is 25.4 Å². The lowest BCUT2D eigenvalue weighted by Crippen LogP contribution is -2.29. The monoisotopic (exact) mass is 321 g/mol. The number of halogens is 2. The number of aliphatic carboxylic acids is 1. The molecule has 0 aliphatic carbocycles. The smallest absolute Gasteiger partial charge is 0.322 e. The fourth-order valence-electron chi connectivity index (χ4n) is 0.923. The van der Waals surface area contributed by atoms with Crippen LogP contribution < -0.4 is 5.32 Å². The Hall–Kier alpha value is -1.07. The molecule has 1 aromatic carbocycles. The molecule has 94 valence electrons. The maximum atomic E-state index is 11.5. The Bertz CT molecular complexity index is 410. The van der Waals surface area contributed by atoms with E-state index in [9.17, 15) is 9.59 Å². The zero-order chi connectivity index (χ0) is 13.4. The molecule has 0 fully saturated rings. The van der Waals surface area contributed by atoms with Crippen LogP contribution >= 0.6 is 27.5 Å². The molecular weight excluding hydrogens is 309 g/mol. The van der Waals surface area contributed by atoms with Crippen LogP contribution in [-0.2, 0) is 4.79 Å². The molecule has 0 heterocycles. The highest BCUT2D eigenvalue weighted by atomic mass is 79.9. The number of hydrogen-bond donors (Lipinski definition) is 2. The molecule has 6 heteroatoms. The summed E-state index contributed by atoms with van der Waals surface area (Å²) in [6.45, 7) is 3.58. The maximum Gasteiger partial charge on any atom is 0.322 e. The minimum absolute atomic E-state index is 0.309. The van der Waals surface area contributed by atoms with Gasteiger partial charge < -0.3 is 10.4 Å². The number of carbonyl (C=O) groups is 2. The first-order valence-electron chi connectivity index (χ1n) is 4.95. The van der Waals surface area contributed by atoms with E-state index in [4.69, 9.17) is 16.7 Å². The first kappa shape index (κ1) is 15.9. The normalized spacial score (nSPS) is 8.94. The molecule has 1 amide bonds. The van der Waals surface area contributed by atoms with Crippen molar-refractivity contribution in [2.24, 2.45) is 0 Å².